The number of nitrogens with zero attached hydrogens (tertiary/aromatic N) is 3. The first-order valence-electron chi connectivity index (χ1n) is 13.4. The van der Waals surface area contributed by atoms with Gasteiger partial charge in [0, 0.05) is 55.9 Å². The van der Waals surface area contributed by atoms with Crippen LogP contribution in [-0.2, 0) is 0 Å². The van der Waals surface area contributed by atoms with Crippen LogP contribution in [-0.4, -0.2) is 70.6 Å². The van der Waals surface area contributed by atoms with Crippen LogP contribution in [0.5, 0.6) is 0 Å². The molecule has 0 aliphatic carbocycles. The van der Waals surface area contributed by atoms with Crippen LogP contribution in [0.3, 0.4) is 0 Å². The third kappa shape index (κ3) is 12.8. The van der Waals surface area contributed by atoms with Gasteiger partial charge in [-0.1, -0.05) is 60.1 Å². The second kappa shape index (κ2) is 14.1. The SMILES string of the molecule is CC.CC.CC(C)(C)C1=CCN(C(C)(C)C)CC1.CC(C)(C)N1CCN(C(C)(C)C)CC1. The maximum absolute atomic E-state index is 2.58. The molecule has 0 N–H and O–H groups in total. The molecule has 0 saturated carbocycles. The summed E-state index contributed by atoms with van der Waals surface area (Å²) in [4.78, 5) is 7.70. The van der Waals surface area contributed by atoms with Crippen LogP contribution in [0.4, 0.5) is 0 Å². The minimum absolute atomic E-state index is 0.319. The second-order valence-corrected chi connectivity index (χ2v) is 12.7. The van der Waals surface area contributed by atoms with E-state index in [0.29, 0.717) is 22.0 Å². The van der Waals surface area contributed by atoms with E-state index in [1.165, 1.54) is 39.1 Å². The molecule has 0 aromatic carbocycles. The summed E-state index contributed by atoms with van der Waals surface area (Å²) in [6, 6.07) is 0. The van der Waals surface area contributed by atoms with Gasteiger partial charge < -0.3 is 0 Å². The molecule has 32 heavy (non-hydrogen) atoms. The fourth-order valence-electron chi connectivity index (χ4n) is 4.01. The zero-order chi connectivity index (χ0) is 26.0. The van der Waals surface area contributed by atoms with Gasteiger partial charge in [0.2, 0.25) is 0 Å². The van der Waals surface area contributed by atoms with E-state index in [1.54, 1.807) is 5.57 Å². The van der Waals surface area contributed by atoms with Crippen molar-refractivity contribution >= 4 is 0 Å². The van der Waals surface area contributed by atoms with E-state index in [1.807, 2.05) is 27.7 Å². The predicted molar refractivity (Wildman–Crippen MR) is 149 cm³/mol. The van der Waals surface area contributed by atoms with Gasteiger partial charge in [0.1, 0.15) is 0 Å². The Morgan fingerprint density at radius 1 is 0.500 bits per heavy atom. The van der Waals surface area contributed by atoms with Gasteiger partial charge in [-0.3, -0.25) is 14.7 Å². The Labute approximate surface area is 205 Å². The molecule has 2 aliphatic rings. The minimum Gasteiger partial charge on any atom is -0.296 e. The minimum atomic E-state index is 0.319. The molecule has 0 radical (unpaired) electrons. The lowest BCUT2D eigenvalue weighted by Gasteiger charge is -2.46. The van der Waals surface area contributed by atoms with Gasteiger partial charge in [-0.15, -0.1) is 0 Å². The third-order valence-electron chi connectivity index (χ3n) is 6.30. The molecular formula is C29H63N3. The zero-order valence-corrected chi connectivity index (χ0v) is 25.4. The molecule has 0 atom stereocenters. The molecule has 2 rings (SSSR count). The van der Waals surface area contributed by atoms with Crippen LogP contribution in [0.1, 0.15) is 117 Å². The Balaban J connectivity index is 0. The van der Waals surface area contributed by atoms with E-state index in [9.17, 15) is 0 Å². The average molecular weight is 454 g/mol. The Morgan fingerprint density at radius 3 is 1.00 bits per heavy atom. The molecule has 0 bridgehead atoms. The van der Waals surface area contributed by atoms with Crippen molar-refractivity contribution in [3.8, 4) is 0 Å². The first-order chi connectivity index (χ1) is 14.4. The molecule has 3 nitrogen and oxygen atoms in total. The van der Waals surface area contributed by atoms with E-state index >= 15 is 0 Å². The fourth-order valence-corrected chi connectivity index (χ4v) is 4.01. The molecular weight excluding hydrogens is 390 g/mol. The van der Waals surface area contributed by atoms with Crippen molar-refractivity contribution < 1.29 is 0 Å². The summed E-state index contributed by atoms with van der Waals surface area (Å²) < 4.78 is 0. The zero-order valence-electron chi connectivity index (χ0n) is 25.4. The largest absolute Gasteiger partial charge is 0.296 e. The van der Waals surface area contributed by atoms with E-state index in [2.05, 4.69) is 104 Å². The predicted octanol–water partition coefficient (Wildman–Crippen LogP) is 7.72. The summed E-state index contributed by atoms with van der Waals surface area (Å²) in [6.07, 6.45) is 3.66. The van der Waals surface area contributed by atoms with E-state index in [-0.39, 0.29) is 0 Å². The quantitative estimate of drug-likeness (QED) is 0.348. The lowest BCUT2D eigenvalue weighted by atomic mass is 9.82. The maximum Gasteiger partial charge on any atom is 0.0171 e. The summed E-state index contributed by atoms with van der Waals surface area (Å²) in [5.41, 5.74) is 2.98. The highest BCUT2D eigenvalue weighted by Crippen LogP contribution is 2.31. The van der Waals surface area contributed by atoms with Gasteiger partial charge in [0.25, 0.3) is 0 Å². The highest BCUT2D eigenvalue weighted by Gasteiger charge is 2.30. The summed E-state index contributed by atoms with van der Waals surface area (Å²) in [6.45, 7) is 42.8. The number of piperazine rings is 1. The normalized spacial score (nSPS) is 19.4. The Hall–Kier alpha value is -0.380. The van der Waals surface area contributed by atoms with Crippen LogP contribution in [0, 0.1) is 5.41 Å². The molecule has 2 heterocycles. The Kier molecular flexibility index (Phi) is 14.9. The molecule has 0 spiro atoms. The van der Waals surface area contributed by atoms with E-state index in [0.717, 1.165) is 6.54 Å². The lowest BCUT2D eigenvalue weighted by Crippen LogP contribution is -2.57. The Morgan fingerprint density at radius 2 is 0.812 bits per heavy atom. The van der Waals surface area contributed by atoms with Crippen LogP contribution in [0.25, 0.3) is 0 Å². The fraction of sp³-hybridized carbons (Fsp3) is 0.931. The van der Waals surface area contributed by atoms with Crippen molar-refractivity contribution in [1.29, 1.82) is 0 Å². The highest BCUT2D eigenvalue weighted by molar-refractivity contribution is 5.15. The van der Waals surface area contributed by atoms with Gasteiger partial charge >= 0.3 is 0 Å². The summed E-state index contributed by atoms with van der Waals surface area (Å²) in [5.74, 6) is 0. The van der Waals surface area contributed by atoms with Crippen molar-refractivity contribution in [3.63, 3.8) is 0 Å². The second-order valence-electron chi connectivity index (χ2n) is 12.7. The molecule has 3 heteroatoms. The van der Waals surface area contributed by atoms with Crippen LogP contribution in [0.15, 0.2) is 11.6 Å². The first kappa shape index (κ1) is 33.8. The molecule has 0 unspecified atom stereocenters. The van der Waals surface area contributed by atoms with E-state index < -0.39 is 0 Å². The first-order valence-corrected chi connectivity index (χ1v) is 13.4. The third-order valence-corrected chi connectivity index (χ3v) is 6.30. The molecule has 1 fully saturated rings. The molecule has 0 amide bonds. The van der Waals surface area contributed by atoms with Gasteiger partial charge in [0.05, 0.1) is 0 Å². The van der Waals surface area contributed by atoms with Crippen molar-refractivity contribution in [3.05, 3.63) is 11.6 Å². The lowest BCUT2D eigenvalue weighted by molar-refractivity contribution is 0.0211. The highest BCUT2D eigenvalue weighted by atomic mass is 15.3. The van der Waals surface area contributed by atoms with Gasteiger partial charge in [-0.25, -0.2) is 0 Å². The number of hydrogen-bond acceptors (Lipinski definition) is 3. The van der Waals surface area contributed by atoms with Crippen LogP contribution < -0.4 is 0 Å². The van der Waals surface area contributed by atoms with Crippen molar-refractivity contribution in [2.24, 2.45) is 5.41 Å². The van der Waals surface area contributed by atoms with Crippen molar-refractivity contribution in [1.82, 2.24) is 14.7 Å². The molecule has 0 aromatic heterocycles. The average Bonchev–Trinajstić information content (AvgIpc) is 2.69. The van der Waals surface area contributed by atoms with Gasteiger partial charge in [-0.2, -0.15) is 0 Å². The van der Waals surface area contributed by atoms with E-state index in [4.69, 9.17) is 0 Å². The van der Waals surface area contributed by atoms with Crippen molar-refractivity contribution in [2.75, 3.05) is 39.3 Å². The summed E-state index contributed by atoms with van der Waals surface area (Å²) in [5, 5.41) is 0. The smallest absolute Gasteiger partial charge is 0.0171 e. The summed E-state index contributed by atoms with van der Waals surface area (Å²) in [7, 11) is 0. The number of rotatable bonds is 0. The molecule has 194 valence electrons. The monoisotopic (exact) mass is 454 g/mol. The van der Waals surface area contributed by atoms with Crippen LogP contribution in [0.2, 0.25) is 0 Å². The number of hydrogen-bond donors (Lipinski definition) is 0. The topological polar surface area (TPSA) is 9.72 Å². The standard InChI is InChI=1S/C13H25N.C12H26N2.2C2H6/c1-12(2,3)11-7-9-14(10-8-11)13(4,5)6;1-11(2,3)13-7-9-14(10-8-13)12(4,5)6;2*1-2/h7H,8-10H2,1-6H3;7-10H2,1-6H3;2*1-2H3. The Bertz CT molecular complexity index is 476. The van der Waals surface area contributed by atoms with Gasteiger partial charge in [-0.05, 0) is 74.1 Å². The molecule has 0 aromatic rings. The molecule has 1 saturated heterocycles. The van der Waals surface area contributed by atoms with Gasteiger partial charge in [0.15, 0.2) is 0 Å². The summed E-state index contributed by atoms with van der Waals surface area (Å²) >= 11 is 0. The van der Waals surface area contributed by atoms with Crippen molar-refractivity contribution in [2.45, 2.75) is 134 Å². The van der Waals surface area contributed by atoms with Crippen LogP contribution >= 0.6 is 0 Å². The maximum atomic E-state index is 2.58. The molecule has 2 aliphatic heterocycles.